The Morgan fingerprint density at radius 1 is 0.886 bits per heavy atom. The quantitative estimate of drug-likeness (QED) is 0.283. The standard InChI is InChI=1S/C27H29NO7/c1-5-8-15-28-26(31)23-17(10-13-21(29)34-6-2)9-12-19-20(33-4)16-18(11-14-22(30)35-7-3)24(25(19)23)27(28)32/h9-14,16H,5-8,15H2,1-4H3/b13-10+,14-11+. The Bertz CT molecular complexity index is 1200. The lowest BCUT2D eigenvalue weighted by Crippen LogP contribution is -2.41. The van der Waals surface area contributed by atoms with E-state index in [9.17, 15) is 19.2 Å². The normalized spacial score (nSPS) is 13.2. The summed E-state index contributed by atoms with van der Waals surface area (Å²) in [6.07, 6.45) is 6.93. The maximum atomic E-state index is 13.6. The molecule has 184 valence electrons. The monoisotopic (exact) mass is 479 g/mol. The van der Waals surface area contributed by atoms with Gasteiger partial charge in [-0.15, -0.1) is 0 Å². The highest BCUT2D eigenvalue weighted by molar-refractivity contribution is 6.28. The van der Waals surface area contributed by atoms with Crippen LogP contribution in [0.4, 0.5) is 0 Å². The minimum Gasteiger partial charge on any atom is -0.496 e. The summed E-state index contributed by atoms with van der Waals surface area (Å²) >= 11 is 0. The van der Waals surface area contributed by atoms with Crippen LogP contribution in [0, 0.1) is 0 Å². The first-order chi connectivity index (χ1) is 16.9. The van der Waals surface area contributed by atoms with Crippen molar-refractivity contribution in [2.75, 3.05) is 26.9 Å². The van der Waals surface area contributed by atoms with Crippen molar-refractivity contribution in [3.05, 3.63) is 52.6 Å². The fraction of sp³-hybridized carbons (Fsp3) is 0.333. The molecule has 0 unspecified atom stereocenters. The SMILES string of the molecule is CCCCN1C(=O)c2c(/C=C/C(=O)OCC)ccc3c(OC)cc(/C=C/C(=O)OCC)c(c23)C1=O. The van der Waals surface area contributed by atoms with Crippen LogP contribution in [0.5, 0.6) is 5.75 Å². The lowest BCUT2D eigenvalue weighted by Gasteiger charge is -2.30. The van der Waals surface area contributed by atoms with Crippen molar-refractivity contribution < 1.29 is 33.4 Å². The van der Waals surface area contributed by atoms with Gasteiger partial charge in [0.1, 0.15) is 5.75 Å². The largest absolute Gasteiger partial charge is 0.496 e. The summed E-state index contributed by atoms with van der Waals surface area (Å²) in [5.74, 6) is -1.53. The topological polar surface area (TPSA) is 99.2 Å². The molecule has 0 aromatic heterocycles. The predicted molar refractivity (Wildman–Crippen MR) is 132 cm³/mol. The molecule has 0 spiro atoms. The molecule has 3 rings (SSSR count). The Morgan fingerprint density at radius 3 is 2.00 bits per heavy atom. The lowest BCUT2D eigenvalue weighted by molar-refractivity contribution is -0.138. The van der Waals surface area contributed by atoms with Crippen molar-refractivity contribution in [2.24, 2.45) is 0 Å². The van der Waals surface area contributed by atoms with Crippen LogP contribution in [0.1, 0.15) is 65.5 Å². The molecule has 0 bridgehead atoms. The number of amides is 2. The average Bonchev–Trinajstić information content (AvgIpc) is 2.84. The summed E-state index contributed by atoms with van der Waals surface area (Å²) in [6.45, 7) is 6.07. The number of methoxy groups -OCH3 is 1. The van der Waals surface area contributed by atoms with E-state index >= 15 is 0 Å². The first-order valence-electron chi connectivity index (χ1n) is 11.6. The van der Waals surface area contributed by atoms with Gasteiger partial charge in [-0.1, -0.05) is 19.4 Å². The summed E-state index contributed by atoms with van der Waals surface area (Å²) < 4.78 is 15.5. The Kier molecular flexibility index (Phi) is 8.41. The van der Waals surface area contributed by atoms with Gasteiger partial charge in [0.15, 0.2) is 0 Å². The molecule has 2 aromatic rings. The van der Waals surface area contributed by atoms with Gasteiger partial charge in [0.2, 0.25) is 0 Å². The van der Waals surface area contributed by atoms with Crippen LogP contribution in [0.2, 0.25) is 0 Å². The van der Waals surface area contributed by atoms with Gasteiger partial charge in [0, 0.05) is 29.5 Å². The second-order valence-corrected chi connectivity index (χ2v) is 7.78. The van der Waals surface area contributed by atoms with E-state index in [1.165, 1.54) is 36.3 Å². The first kappa shape index (κ1) is 25.7. The third-order valence-electron chi connectivity index (χ3n) is 5.57. The molecule has 8 nitrogen and oxygen atoms in total. The molecule has 0 aliphatic carbocycles. The number of nitrogens with zero attached hydrogens (tertiary/aromatic N) is 1. The van der Waals surface area contributed by atoms with Crippen LogP contribution < -0.4 is 4.74 Å². The van der Waals surface area contributed by atoms with Crippen molar-refractivity contribution in [1.29, 1.82) is 0 Å². The van der Waals surface area contributed by atoms with Crippen molar-refractivity contribution in [1.82, 2.24) is 4.90 Å². The highest BCUT2D eigenvalue weighted by atomic mass is 16.5. The van der Waals surface area contributed by atoms with E-state index in [0.717, 1.165) is 6.42 Å². The van der Waals surface area contributed by atoms with Gasteiger partial charge in [0.05, 0.1) is 31.5 Å². The van der Waals surface area contributed by atoms with Crippen molar-refractivity contribution in [3.63, 3.8) is 0 Å². The van der Waals surface area contributed by atoms with Crippen LogP contribution in [-0.2, 0) is 19.1 Å². The minimum absolute atomic E-state index is 0.218. The zero-order valence-electron chi connectivity index (χ0n) is 20.4. The highest BCUT2D eigenvalue weighted by Crippen LogP contribution is 2.40. The first-order valence-corrected chi connectivity index (χ1v) is 11.6. The minimum atomic E-state index is -0.549. The Balaban J connectivity index is 2.32. The zero-order chi connectivity index (χ0) is 25.5. The van der Waals surface area contributed by atoms with Gasteiger partial charge in [0.25, 0.3) is 11.8 Å². The number of esters is 2. The summed E-state index contributed by atoms with van der Waals surface area (Å²) in [5, 5.41) is 0.998. The number of hydrogen-bond donors (Lipinski definition) is 0. The van der Waals surface area contributed by atoms with E-state index in [2.05, 4.69) is 0 Å². The smallest absolute Gasteiger partial charge is 0.330 e. The molecule has 35 heavy (non-hydrogen) atoms. The van der Waals surface area contributed by atoms with Crippen LogP contribution in [0.15, 0.2) is 30.4 Å². The fourth-order valence-corrected chi connectivity index (χ4v) is 4.00. The molecule has 0 N–H and O–H groups in total. The van der Waals surface area contributed by atoms with Gasteiger partial charge in [-0.3, -0.25) is 14.5 Å². The van der Waals surface area contributed by atoms with Crippen LogP contribution in [0.25, 0.3) is 22.9 Å². The summed E-state index contributed by atoms with van der Waals surface area (Å²) in [5.41, 5.74) is 1.48. The van der Waals surface area contributed by atoms with Gasteiger partial charge in [-0.2, -0.15) is 0 Å². The molecule has 8 heteroatoms. The molecule has 1 aliphatic heterocycles. The molecular formula is C27H29NO7. The molecular weight excluding hydrogens is 450 g/mol. The summed E-state index contributed by atoms with van der Waals surface area (Å²) in [6, 6.07) is 5.11. The van der Waals surface area contributed by atoms with Gasteiger partial charge < -0.3 is 14.2 Å². The van der Waals surface area contributed by atoms with Gasteiger partial charge in [-0.25, -0.2) is 9.59 Å². The van der Waals surface area contributed by atoms with E-state index in [4.69, 9.17) is 14.2 Å². The number of ether oxygens (including phenoxy) is 3. The molecule has 0 saturated carbocycles. The number of carbonyl (C=O) groups is 4. The number of rotatable bonds is 10. The summed E-state index contributed by atoms with van der Waals surface area (Å²) in [4.78, 5) is 52.3. The van der Waals surface area contributed by atoms with E-state index in [0.29, 0.717) is 45.2 Å². The van der Waals surface area contributed by atoms with E-state index in [-0.39, 0.29) is 19.8 Å². The van der Waals surface area contributed by atoms with Crippen molar-refractivity contribution >= 4 is 46.7 Å². The number of carbonyl (C=O) groups excluding carboxylic acids is 4. The molecule has 0 fully saturated rings. The van der Waals surface area contributed by atoms with E-state index in [1.807, 2.05) is 6.92 Å². The maximum Gasteiger partial charge on any atom is 0.330 e. The molecule has 2 amide bonds. The lowest BCUT2D eigenvalue weighted by atomic mass is 9.86. The molecule has 0 atom stereocenters. The zero-order valence-corrected chi connectivity index (χ0v) is 20.4. The second-order valence-electron chi connectivity index (χ2n) is 7.78. The summed E-state index contributed by atoms with van der Waals surface area (Å²) in [7, 11) is 1.49. The number of benzene rings is 2. The van der Waals surface area contributed by atoms with Crippen molar-refractivity contribution in [2.45, 2.75) is 33.6 Å². The average molecular weight is 480 g/mol. The second kappa shape index (κ2) is 11.5. The Labute approximate surface area is 204 Å². The highest BCUT2D eigenvalue weighted by Gasteiger charge is 2.36. The third-order valence-corrected chi connectivity index (χ3v) is 5.57. The Morgan fingerprint density at radius 2 is 1.46 bits per heavy atom. The van der Waals surface area contributed by atoms with E-state index < -0.39 is 23.8 Å². The predicted octanol–water partition coefficient (Wildman–Crippen LogP) is 4.40. The number of hydrogen-bond acceptors (Lipinski definition) is 7. The molecule has 0 saturated heterocycles. The molecule has 1 heterocycles. The Hall–Kier alpha value is -3.94. The van der Waals surface area contributed by atoms with Gasteiger partial charge >= 0.3 is 11.9 Å². The van der Waals surface area contributed by atoms with Crippen LogP contribution >= 0.6 is 0 Å². The third kappa shape index (κ3) is 5.26. The van der Waals surface area contributed by atoms with Crippen molar-refractivity contribution in [3.8, 4) is 5.75 Å². The fourth-order valence-electron chi connectivity index (χ4n) is 4.00. The molecule has 0 radical (unpaired) electrons. The maximum absolute atomic E-state index is 13.6. The molecule has 1 aliphatic rings. The number of imide groups is 1. The van der Waals surface area contributed by atoms with Crippen LogP contribution in [0.3, 0.4) is 0 Å². The number of unbranched alkanes of at least 4 members (excludes halogenated alkanes) is 1. The van der Waals surface area contributed by atoms with Gasteiger partial charge in [-0.05, 0) is 55.7 Å². The molecule has 2 aromatic carbocycles. The van der Waals surface area contributed by atoms with E-state index in [1.54, 1.807) is 32.0 Å². The van der Waals surface area contributed by atoms with Crippen LogP contribution in [-0.4, -0.2) is 55.5 Å².